The maximum atomic E-state index is 14.2. The SMILES string of the molecule is CCCCOCCOc1ccc(-c2ccc3c(c2)C=C(C(=O)Nc2ccc(S(=O)Cc4cccnc4)c(C(F)(F)F)c2)CCN3CC(C)C)cc1. The number of benzene rings is 3. The fourth-order valence-corrected chi connectivity index (χ4v) is 7.11. The fraction of sp³-hybridized carbons (Fsp3) is 0.350. The summed E-state index contributed by atoms with van der Waals surface area (Å²) in [5.41, 5.74) is 3.69. The van der Waals surface area contributed by atoms with Crippen molar-refractivity contribution < 1.29 is 31.6 Å². The number of alkyl halides is 3. The monoisotopic (exact) mass is 719 g/mol. The lowest BCUT2D eigenvalue weighted by Gasteiger charge is -2.27. The molecule has 0 saturated heterocycles. The average Bonchev–Trinajstić information content (AvgIpc) is 3.29. The molecule has 0 spiro atoms. The molecule has 0 saturated carbocycles. The number of carbonyl (C=O) groups is 1. The van der Waals surface area contributed by atoms with Gasteiger partial charge in [0.1, 0.15) is 12.4 Å². The Morgan fingerprint density at radius 2 is 1.78 bits per heavy atom. The summed E-state index contributed by atoms with van der Waals surface area (Å²) in [6, 6.07) is 20.7. The summed E-state index contributed by atoms with van der Waals surface area (Å²) in [4.78, 5) is 19.5. The zero-order valence-electron chi connectivity index (χ0n) is 29.2. The number of aromatic nitrogens is 1. The van der Waals surface area contributed by atoms with Crippen molar-refractivity contribution in [3.05, 3.63) is 107 Å². The van der Waals surface area contributed by atoms with E-state index in [4.69, 9.17) is 9.47 Å². The molecule has 1 aliphatic rings. The highest BCUT2D eigenvalue weighted by Crippen LogP contribution is 2.37. The van der Waals surface area contributed by atoms with Gasteiger partial charge in [0, 0.05) is 49.0 Å². The summed E-state index contributed by atoms with van der Waals surface area (Å²) in [6.45, 7) is 9.46. The predicted octanol–water partition coefficient (Wildman–Crippen LogP) is 9.16. The van der Waals surface area contributed by atoms with Gasteiger partial charge < -0.3 is 19.7 Å². The molecule has 0 aliphatic carbocycles. The number of anilines is 2. The number of hydrogen-bond donors (Lipinski definition) is 1. The van der Waals surface area contributed by atoms with E-state index in [0.29, 0.717) is 43.2 Å². The first-order valence-corrected chi connectivity index (χ1v) is 18.5. The molecule has 11 heteroatoms. The molecule has 51 heavy (non-hydrogen) atoms. The van der Waals surface area contributed by atoms with E-state index in [0.717, 1.165) is 60.2 Å². The first-order chi connectivity index (χ1) is 24.5. The van der Waals surface area contributed by atoms with Crippen molar-refractivity contribution in [2.24, 2.45) is 5.92 Å². The van der Waals surface area contributed by atoms with Gasteiger partial charge in [-0.25, -0.2) is 0 Å². The van der Waals surface area contributed by atoms with E-state index in [1.807, 2.05) is 36.4 Å². The minimum Gasteiger partial charge on any atom is -0.491 e. The first-order valence-electron chi connectivity index (χ1n) is 17.2. The Hall–Kier alpha value is -4.48. The van der Waals surface area contributed by atoms with E-state index in [2.05, 4.69) is 48.1 Å². The number of rotatable bonds is 15. The molecular weight excluding hydrogens is 676 g/mol. The zero-order valence-corrected chi connectivity index (χ0v) is 30.0. The molecule has 2 heterocycles. The average molecular weight is 720 g/mol. The van der Waals surface area contributed by atoms with Crippen molar-refractivity contribution in [3.63, 3.8) is 0 Å². The van der Waals surface area contributed by atoms with Crippen molar-refractivity contribution in [2.45, 2.75) is 56.9 Å². The minimum absolute atomic E-state index is 0.0255. The lowest BCUT2D eigenvalue weighted by molar-refractivity contribution is -0.139. The van der Waals surface area contributed by atoms with Crippen LogP contribution in [0.4, 0.5) is 24.5 Å². The molecule has 1 atom stereocenters. The molecule has 1 unspecified atom stereocenters. The number of carbonyl (C=O) groups excluding carboxylic acids is 1. The van der Waals surface area contributed by atoms with E-state index in [1.165, 1.54) is 24.5 Å². The molecule has 1 aromatic heterocycles. The quantitative estimate of drug-likeness (QED) is 0.124. The number of fused-ring (bicyclic) bond motifs is 1. The van der Waals surface area contributed by atoms with Crippen LogP contribution >= 0.6 is 0 Å². The van der Waals surface area contributed by atoms with Gasteiger partial charge in [-0.1, -0.05) is 51.5 Å². The maximum Gasteiger partial charge on any atom is 0.417 e. The number of nitrogens with one attached hydrogen (secondary N) is 1. The van der Waals surface area contributed by atoms with Crippen molar-refractivity contribution >= 4 is 34.2 Å². The highest BCUT2D eigenvalue weighted by atomic mass is 32.2. The van der Waals surface area contributed by atoms with Gasteiger partial charge in [0.25, 0.3) is 5.91 Å². The van der Waals surface area contributed by atoms with Gasteiger partial charge in [-0.15, -0.1) is 0 Å². The predicted molar refractivity (Wildman–Crippen MR) is 197 cm³/mol. The van der Waals surface area contributed by atoms with Crippen LogP contribution < -0.4 is 15.0 Å². The third-order valence-electron chi connectivity index (χ3n) is 8.36. The van der Waals surface area contributed by atoms with Crippen molar-refractivity contribution in [2.75, 3.05) is 43.1 Å². The third kappa shape index (κ3) is 10.5. The van der Waals surface area contributed by atoms with E-state index >= 15 is 0 Å². The summed E-state index contributed by atoms with van der Waals surface area (Å²) < 4.78 is 67.0. The lowest BCUT2D eigenvalue weighted by atomic mass is 10.00. The molecule has 1 N–H and O–H groups in total. The number of unbranched alkanes of at least 4 members (excludes halogenated alkanes) is 1. The normalized spacial score (nSPS) is 13.7. The van der Waals surface area contributed by atoms with Crippen molar-refractivity contribution in [3.8, 4) is 16.9 Å². The second-order valence-electron chi connectivity index (χ2n) is 12.9. The van der Waals surface area contributed by atoms with Crippen LogP contribution in [0.5, 0.6) is 5.75 Å². The van der Waals surface area contributed by atoms with Gasteiger partial charge >= 0.3 is 6.18 Å². The highest BCUT2D eigenvalue weighted by molar-refractivity contribution is 7.84. The van der Waals surface area contributed by atoms with Crippen LogP contribution in [0.15, 0.2) is 95.7 Å². The standard InChI is InChI=1S/C40H44F3N3O4S/c1-4-5-19-49-20-21-50-35-12-8-30(9-13-35)31-10-14-37-33(22-31)23-32(16-18-46(37)26-28(2)3)39(47)45-34-11-15-38(36(24-34)40(41,42)43)51(48)27-29-7-6-17-44-25-29/h6-15,17,22-25,28H,4-5,16,18-21,26-27H2,1-3H3,(H,45,47). The van der Waals surface area contributed by atoms with E-state index in [9.17, 15) is 22.2 Å². The third-order valence-corrected chi connectivity index (χ3v) is 9.80. The van der Waals surface area contributed by atoms with Gasteiger partial charge in [0.2, 0.25) is 0 Å². The van der Waals surface area contributed by atoms with Gasteiger partial charge in [-0.3, -0.25) is 14.0 Å². The van der Waals surface area contributed by atoms with E-state index < -0.39 is 28.4 Å². The van der Waals surface area contributed by atoms with E-state index in [-0.39, 0.29) is 16.3 Å². The smallest absolute Gasteiger partial charge is 0.417 e. The van der Waals surface area contributed by atoms with Gasteiger partial charge in [-0.05, 0) is 95.6 Å². The Morgan fingerprint density at radius 1 is 1.00 bits per heavy atom. The number of amides is 1. The molecule has 4 aromatic rings. The summed E-state index contributed by atoms with van der Waals surface area (Å²) in [5, 5.41) is 2.68. The Bertz CT molecular complexity index is 1830. The molecule has 1 amide bonds. The zero-order chi connectivity index (χ0) is 36.4. The molecule has 5 rings (SSSR count). The van der Waals surface area contributed by atoms with Gasteiger partial charge in [0.15, 0.2) is 0 Å². The van der Waals surface area contributed by atoms with Crippen LogP contribution in [0.2, 0.25) is 0 Å². The first kappa shape index (κ1) is 37.8. The van der Waals surface area contributed by atoms with Crippen LogP contribution in [0.1, 0.15) is 56.7 Å². The Labute approximate surface area is 300 Å². The second kappa shape index (κ2) is 17.6. The summed E-state index contributed by atoms with van der Waals surface area (Å²) >= 11 is 0. The molecular formula is C40H44F3N3O4S. The fourth-order valence-electron chi connectivity index (χ4n) is 5.85. The Kier molecular flexibility index (Phi) is 13.1. The van der Waals surface area contributed by atoms with Crippen molar-refractivity contribution in [1.29, 1.82) is 0 Å². The second-order valence-corrected chi connectivity index (χ2v) is 14.3. The number of ether oxygens (including phenoxy) is 2. The molecule has 1 aliphatic heterocycles. The number of nitrogens with zero attached hydrogens (tertiary/aromatic N) is 2. The topological polar surface area (TPSA) is 80.8 Å². The molecule has 0 radical (unpaired) electrons. The molecule has 0 bridgehead atoms. The minimum atomic E-state index is -4.78. The van der Waals surface area contributed by atoms with E-state index in [1.54, 1.807) is 12.1 Å². The molecule has 3 aromatic carbocycles. The molecule has 270 valence electrons. The number of hydrogen-bond acceptors (Lipinski definition) is 6. The van der Waals surface area contributed by atoms with Crippen molar-refractivity contribution in [1.82, 2.24) is 4.98 Å². The summed E-state index contributed by atoms with van der Waals surface area (Å²) in [7, 11) is -1.98. The van der Waals surface area contributed by atoms with Gasteiger partial charge in [0.05, 0.1) is 33.6 Å². The van der Waals surface area contributed by atoms with Crippen LogP contribution in [0.3, 0.4) is 0 Å². The molecule has 0 fully saturated rings. The van der Waals surface area contributed by atoms with Crippen LogP contribution in [0, 0.1) is 5.92 Å². The van der Waals surface area contributed by atoms with Gasteiger partial charge in [-0.2, -0.15) is 13.2 Å². The number of pyridine rings is 1. The van der Waals surface area contributed by atoms with Crippen LogP contribution in [0.25, 0.3) is 17.2 Å². The number of halogens is 3. The Balaban J connectivity index is 1.36. The maximum absolute atomic E-state index is 14.2. The molecule has 7 nitrogen and oxygen atoms in total. The lowest BCUT2D eigenvalue weighted by Crippen LogP contribution is -2.29. The van der Waals surface area contributed by atoms with Crippen LogP contribution in [-0.2, 0) is 32.3 Å². The Morgan fingerprint density at radius 3 is 2.49 bits per heavy atom. The summed E-state index contributed by atoms with van der Waals surface area (Å²) in [5.74, 6) is 0.503. The summed E-state index contributed by atoms with van der Waals surface area (Å²) in [6.07, 6.45) is 2.58. The van der Waals surface area contributed by atoms with Crippen LogP contribution in [-0.4, -0.2) is 48.0 Å². The highest BCUT2D eigenvalue weighted by Gasteiger charge is 2.35. The largest absolute Gasteiger partial charge is 0.491 e.